The number of nitrogens with two attached hydrogens (primary N) is 1. The normalized spacial score (nSPS) is 23.0. The lowest BCUT2D eigenvalue weighted by molar-refractivity contribution is 0.299. The zero-order chi connectivity index (χ0) is 15.5. The molecule has 1 fully saturated rings. The summed E-state index contributed by atoms with van der Waals surface area (Å²) in [5.41, 5.74) is 5.92. The molecule has 0 radical (unpaired) electrons. The van der Waals surface area contributed by atoms with Crippen LogP contribution >= 0.6 is 0 Å². The highest BCUT2D eigenvalue weighted by molar-refractivity contribution is 7.90. The number of hydrogen-bond donors (Lipinski definition) is 1. The van der Waals surface area contributed by atoms with E-state index < -0.39 is 9.84 Å². The van der Waals surface area contributed by atoms with Gasteiger partial charge >= 0.3 is 0 Å². The second kappa shape index (κ2) is 6.75. The molecule has 21 heavy (non-hydrogen) atoms. The molecule has 0 spiro atoms. The quantitative estimate of drug-likeness (QED) is 0.898. The van der Waals surface area contributed by atoms with Gasteiger partial charge in [-0.25, -0.2) is 13.4 Å². The Morgan fingerprint density at radius 2 is 2.10 bits per heavy atom. The Labute approximate surface area is 127 Å². The Morgan fingerprint density at radius 3 is 2.71 bits per heavy atom. The van der Waals surface area contributed by atoms with Crippen LogP contribution in [0.5, 0.6) is 0 Å². The molecule has 1 aromatic rings. The van der Waals surface area contributed by atoms with Crippen LogP contribution in [0.1, 0.15) is 32.6 Å². The Balaban J connectivity index is 2.42. The van der Waals surface area contributed by atoms with Gasteiger partial charge in [-0.05, 0) is 44.4 Å². The molecule has 1 aliphatic rings. The maximum atomic E-state index is 12.0. The molecule has 1 aliphatic carbocycles. The Morgan fingerprint density at radius 1 is 1.38 bits per heavy atom. The topological polar surface area (TPSA) is 76.3 Å². The lowest BCUT2D eigenvalue weighted by Crippen LogP contribution is -2.46. The zero-order valence-electron chi connectivity index (χ0n) is 12.8. The number of pyridine rings is 1. The molecule has 2 rings (SSSR count). The average molecular weight is 311 g/mol. The predicted octanol–water partition coefficient (Wildman–Crippen LogP) is 1.83. The van der Waals surface area contributed by atoms with E-state index in [2.05, 4.69) is 9.88 Å². The van der Waals surface area contributed by atoms with Gasteiger partial charge in [0.25, 0.3) is 0 Å². The van der Waals surface area contributed by atoms with Gasteiger partial charge in [0.2, 0.25) is 0 Å². The van der Waals surface area contributed by atoms with E-state index in [1.807, 2.05) is 6.92 Å². The van der Waals surface area contributed by atoms with Crippen molar-refractivity contribution in [2.45, 2.75) is 43.5 Å². The summed E-state index contributed by atoms with van der Waals surface area (Å²) >= 11 is 0. The summed E-state index contributed by atoms with van der Waals surface area (Å²) in [4.78, 5) is 6.81. The summed E-state index contributed by atoms with van der Waals surface area (Å²) in [5, 5.41) is 0. The van der Waals surface area contributed by atoms with Gasteiger partial charge in [0.15, 0.2) is 9.84 Å². The fraction of sp³-hybridized carbons (Fsp3) is 0.667. The molecule has 6 heteroatoms. The second-order valence-corrected chi connectivity index (χ2v) is 7.72. The van der Waals surface area contributed by atoms with Crippen LogP contribution in [0.4, 0.5) is 5.82 Å². The van der Waals surface area contributed by atoms with E-state index in [9.17, 15) is 8.42 Å². The molecule has 0 bridgehead atoms. The van der Waals surface area contributed by atoms with Gasteiger partial charge in [0.05, 0.1) is 0 Å². The van der Waals surface area contributed by atoms with Crippen molar-refractivity contribution in [3.05, 3.63) is 18.3 Å². The third kappa shape index (κ3) is 3.55. The van der Waals surface area contributed by atoms with E-state index in [0.717, 1.165) is 19.4 Å². The highest BCUT2D eigenvalue weighted by atomic mass is 32.2. The van der Waals surface area contributed by atoms with Crippen molar-refractivity contribution in [2.75, 3.05) is 24.2 Å². The fourth-order valence-corrected chi connectivity index (χ4v) is 4.13. The molecule has 1 heterocycles. The summed E-state index contributed by atoms with van der Waals surface area (Å²) < 4.78 is 24.0. The molecule has 0 amide bonds. The first-order valence-electron chi connectivity index (χ1n) is 7.60. The number of hydrogen-bond acceptors (Lipinski definition) is 5. The minimum atomic E-state index is -3.29. The molecule has 1 aromatic heterocycles. The smallest absolute Gasteiger partial charge is 0.179 e. The van der Waals surface area contributed by atoms with Crippen molar-refractivity contribution in [3.8, 4) is 0 Å². The van der Waals surface area contributed by atoms with Crippen LogP contribution in [0.3, 0.4) is 0 Å². The van der Waals surface area contributed by atoms with Gasteiger partial charge in [-0.2, -0.15) is 0 Å². The molecule has 0 aliphatic heterocycles. The largest absolute Gasteiger partial charge is 0.353 e. The summed E-state index contributed by atoms with van der Waals surface area (Å²) in [6.07, 6.45) is 7.43. The maximum Gasteiger partial charge on any atom is 0.179 e. The van der Waals surface area contributed by atoms with Crippen LogP contribution in [0.25, 0.3) is 0 Å². The minimum Gasteiger partial charge on any atom is -0.353 e. The van der Waals surface area contributed by atoms with Crippen LogP contribution in [0.15, 0.2) is 23.2 Å². The first kappa shape index (κ1) is 16.2. The van der Waals surface area contributed by atoms with E-state index in [1.165, 1.54) is 19.1 Å². The summed E-state index contributed by atoms with van der Waals surface area (Å²) in [6.45, 7) is 3.42. The van der Waals surface area contributed by atoms with Gasteiger partial charge in [0.1, 0.15) is 10.7 Å². The molecule has 5 nitrogen and oxygen atoms in total. The van der Waals surface area contributed by atoms with Gasteiger partial charge in [0, 0.05) is 25.0 Å². The number of sulfone groups is 1. The molecule has 118 valence electrons. The third-order valence-corrected chi connectivity index (χ3v) is 5.45. The van der Waals surface area contributed by atoms with Gasteiger partial charge < -0.3 is 10.6 Å². The van der Waals surface area contributed by atoms with E-state index in [4.69, 9.17) is 5.73 Å². The van der Waals surface area contributed by atoms with Crippen LogP contribution in [-0.2, 0) is 9.84 Å². The summed E-state index contributed by atoms with van der Waals surface area (Å²) in [7, 11) is -3.29. The maximum absolute atomic E-state index is 12.0. The van der Waals surface area contributed by atoms with E-state index >= 15 is 0 Å². The summed E-state index contributed by atoms with van der Waals surface area (Å²) in [6, 6.07) is 3.60. The monoisotopic (exact) mass is 311 g/mol. The standard InChI is InChI=1S/C15H25N3O2S/c1-3-18(13-8-5-4-7-12(13)11-16)15-14(21(2,19)20)9-6-10-17-15/h6,9-10,12-13H,3-5,7-8,11,16H2,1-2H3. The Hall–Kier alpha value is -1.14. The van der Waals surface area contributed by atoms with Gasteiger partial charge in [-0.15, -0.1) is 0 Å². The molecule has 0 saturated heterocycles. The van der Waals surface area contributed by atoms with Crippen molar-refractivity contribution in [3.63, 3.8) is 0 Å². The molecule has 2 atom stereocenters. The van der Waals surface area contributed by atoms with Crippen LogP contribution in [0, 0.1) is 5.92 Å². The first-order valence-corrected chi connectivity index (χ1v) is 9.50. The molecular formula is C15H25N3O2S. The van der Waals surface area contributed by atoms with Crippen LogP contribution in [0.2, 0.25) is 0 Å². The highest BCUT2D eigenvalue weighted by Gasteiger charge is 2.31. The molecule has 0 aromatic carbocycles. The Kier molecular flexibility index (Phi) is 5.22. The SMILES string of the molecule is CCN(c1ncccc1S(C)(=O)=O)C1CCCCC1CN. The zero-order valence-corrected chi connectivity index (χ0v) is 13.6. The van der Waals surface area contributed by atoms with Crippen molar-refractivity contribution in [2.24, 2.45) is 11.7 Å². The van der Waals surface area contributed by atoms with E-state index in [1.54, 1.807) is 18.3 Å². The minimum absolute atomic E-state index is 0.282. The predicted molar refractivity (Wildman–Crippen MR) is 85.2 cm³/mol. The highest BCUT2D eigenvalue weighted by Crippen LogP contribution is 2.32. The van der Waals surface area contributed by atoms with Gasteiger partial charge in [-0.1, -0.05) is 12.8 Å². The van der Waals surface area contributed by atoms with Gasteiger partial charge in [-0.3, -0.25) is 0 Å². The fourth-order valence-electron chi connectivity index (χ4n) is 3.30. The average Bonchev–Trinajstić information content (AvgIpc) is 2.48. The number of anilines is 1. The lowest BCUT2D eigenvalue weighted by atomic mass is 9.83. The van der Waals surface area contributed by atoms with Crippen LogP contribution in [-0.4, -0.2) is 38.8 Å². The van der Waals surface area contributed by atoms with Crippen molar-refractivity contribution in [1.29, 1.82) is 0 Å². The Bertz CT molecular complexity index is 574. The lowest BCUT2D eigenvalue weighted by Gasteiger charge is -2.40. The number of nitrogens with zero attached hydrogens (tertiary/aromatic N) is 2. The summed E-state index contributed by atoms with van der Waals surface area (Å²) in [5.74, 6) is 0.987. The number of aromatic nitrogens is 1. The first-order chi connectivity index (χ1) is 9.99. The molecule has 2 N–H and O–H groups in total. The number of rotatable bonds is 5. The van der Waals surface area contributed by atoms with Crippen molar-refractivity contribution >= 4 is 15.7 Å². The molecule has 1 saturated carbocycles. The van der Waals surface area contributed by atoms with E-state index in [-0.39, 0.29) is 6.04 Å². The van der Waals surface area contributed by atoms with Crippen molar-refractivity contribution < 1.29 is 8.42 Å². The van der Waals surface area contributed by atoms with E-state index in [0.29, 0.717) is 23.2 Å². The molecular weight excluding hydrogens is 286 g/mol. The second-order valence-electron chi connectivity index (χ2n) is 5.73. The van der Waals surface area contributed by atoms with Crippen molar-refractivity contribution in [1.82, 2.24) is 4.98 Å². The van der Waals surface area contributed by atoms with Crippen LogP contribution < -0.4 is 10.6 Å². The third-order valence-electron chi connectivity index (χ3n) is 4.34. The molecule has 2 unspecified atom stereocenters.